The lowest BCUT2D eigenvalue weighted by Gasteiger charge is -2.08. The van der Waals surface area contributed by atoms with Gasteiger partial charge in [0.1, 0.15) is 0 Å². The summed E-state index contributed by atoms with van der Waals surface area (Å²) in [5.74, 6) is -0.652. The van der Waals surface area contributed by atoms with Gasteiger partial charge in [-0.15, -0.1) is 0 Å². The number of rotatable bonds is 3. The van der Waals surface area contributed by atoms with Crippen LogP contribution in [0.25, 0.3) is 0 Å². The van der Waals surface area contributed by atoms with Crippen LogP contribution in [-0.2, 0) is 6.54 Å². The normalized spacial score (nSPS) is 10.0. The fourth-order valence-corrected chi connectivity index (χ4v) is 1.63. The molecule has 0 aliphatic rings. The summed E-state index contributed by atoms with van der Waals surface area (Å²) in [6.07, 6.45) is 3.28. The molecule has 4 nitrogen and oxygen atoms in total. The Balaban J connectivity index is 1.93. The van der Waals surface area contributed by atoms with Gasteiger partial charge in [0.25, 0.3) is 0 Å². The molecule has 0 fully saturated rings. The highest BCUT2D eigenvalue weighted by atomic mass is 35.5. The Morgan fingerprint density at radius 2 is 2.16 bits per heavy atom. The third-order valence-corrected chi connectivity index (χ3v) is 2.67. The van der Waals surface area contributed by atoms with Crippen molar-refractivity contribution in [2.75, 3.05) is 5.32 Å². The van der Waals surface area contributed by atoms with E-state index in [-0.39, 0.29) is 10.7 Å². The number of nitrogens with one attached hydrogen (secondary N) is 2. The number of carbonyl (C=O) groups is 1. The van der Waals surface area contributed by atoms with Crippen LogP contribution in [0.2, 0.25) is 5.02 Å². The zero-order valence-corrected chi connectivity index (χ0v) is 10.6. The van der Waals surface area contributed by atoms with Crippen molar-refractivity contribution in [2.45, 2.75) is 6.54 Å². The Bertz CT molecular complexity index is 577. The zero-order valence-electron chi connectivity index (χ0n) is 9.86. The Morgan fingerprint density at radius 1 is 1.32 bits per heavy atom. The number of pyridine rings is 1. The Hall–Kier alpha value is -2.14. The van der Waals surface area contributed by atoms with Crippen LogP contribution in [0.15, 0.2) is 42.7 Å². The summed E-state index contributed by atoms with van der Waals surface area (Å²) in [7, 11) is 0. The maximum absolute atomic E-state index is 13.5. The standard InChI is InChI=1S/C13H11ClFN3O/c14-10-4-1-5-11(12(10)15)18-13(19)17-8-9-3-2-6-16-7-9/h1-7H,8H2,(H2,17,18,19). The molecule has 2 amide bonds. The van der Waals surface area contributed by atoms with Gasteiger partial charge < -0.3 is 10.6 Å². The number of halogens is 2. The molecule has 0 bridgehead atoms. The predicted octanol–water partition coefficient (Wildman–Crippen LogP) is 3.20. The minimum absolute atomic E-state index is 0.0370. The third-order valence-electron chi connectivity index (χ3n) is 2.38. The second-order valence-corrected chi connectivity index (χ2v) is 4.18. The molecule has 0 atom stereocenters. The fraction of sp³-hybridized carbons (Fsp3) is 0.0769. The molecule has 2 aromatic rings. The molecule has 0 unspecified atom stereocenters. The van der Waals surface area contributed by atoms with E-state index in [0.29, 0.717) is 6.54 Å². The van der Waals surface area contributed by atoms with Crippen LogP contribution in [0.5, 0.6) is 0 Å². The molecule has 0 radical (unpaired) electrons. The molecule has 98 valence electrons. The molecule has 0 aliphatic heterocycles. The van der Waals surface area contributed by atoms with Crippen LogP contribution in [0, 0.1) is 5.82 Å². The molecule has 0 saturated heterocycles. The van der Waals surface area contributed by atoms with Gasteiger partial charge in [0, 0.05) is 18.9 Å². The van der Waals surface area contributed by atoms with Gasteiger partial charge in [-0.05, 0) is 23.8 Å². The van der Waals surface area contributed by atoms with Gasteiger partial charge in [0.15, 0.2) is 5.82 Å². The van der Waals surface area contributed by atoms with Crippen molar-refractivity contribution in [3.05, 3.63) is 59.1 Å². The minimum Gasteiger partial charge on any atom is -0.334 e. The molecule has 0 aliphatic carbocycles. The number of urea groups is 1. The molecular formula is C13H11ClFN3O. The fourth-order valence-electron chi connectivity index (χ4n) is 1.45. The molecule has 2 rings (SSSR count). The first kappa shape index (κ1) is 13.3. The Labute approximate surface area is 114 Å². The van der Waals surface area contributed by atoms with E-state index < -0.39 is 11.8 Å². The highest BCUT2D eigenvalue weighted by molar-refractivity contribution is 6.31. The third kappa shape index (κ3) is 3.66. The lowest BCUT2D eigenvalue weighted by atomic mass is 10.3. The van der Waals surface area contributed by atoms with Gasteiger partial charge >= 0.3 is 6.03 Å². The van der Waals surface area contributed by atoms with E-state index in [0.717, 1.165) is 5.56 Å². The first-order chi connectivity index (χ1) is 9.16. The first-order valence-corrected chi connectivity index (χ1v) is 5.92. The highest BCUT2D eigenvalue weighted by Crippen LogP contribution is 2.21. The van der Waals surface area contributed by atoms with Gasteiger partial charge in [-0.25, -0.2) is 9.18 Å². The molecule has 1 heterocycles. The number of carbonyl (C=O) groups excluding carboxylic acids is 1. The summed E-state index contributed by atoms with van der Waals surface area (Å²) >= 11 is 5.62. The van der Waals surface area contributed by atoms with E-state index in [2.05, 4.69) is 15.6 Å². The average molecular weight is 280 g/mol. The number of hydrogen-bond donors (Lipinski definition) is 2. The van der Waals surface area contributed by atoms with Crippen LogP contribution >= 0.6 is 11.6 Å². The summed E-state index contributed by atoms with van der Waals surface area (Å²) in [6, 6.07) is 7.49. The highest BCUT2D eigenvalue weighted by Gasteiger charge is 2.09. The van der Waals surface area contributed by atoms with Crippen molar-refractivity contribution in [1.29, 1.82) is 0 Å². The molecule has 1 aromatic heterocycles. The van der Waals surface area contributed by atoms with E-state index in [1.54, 1.807) is 24.5 Å². The number of aromatic nitrogens is 1. The van der Waals surface area contributed by atoms with E-state index >= 15 is 0 Å². The largest absolute Gasteiger partial charge is 0.334 e. The van der Waals surface area contributed by atoms with Crippen molar-refractivity contribution in [1.82, 2.24) is 10.3 Å². The Morgan fingerprint density at radius 3 is 2.89 bits per heavy atom. The summed E-state index contributed by atoms with van der Waals surface area (Å²) < 4.78 is 13.5. The van der Waals surface area contributed by atoms with E-state index in [1.165, 1.54) is 12.1 Å². The predicted molar refractivity (Wildman–Crippen MR) is 71.5 cm³/mol. The van der Waals surface area contributed by atoms with Gasteiger partial charge in [-0.1, -0.05) is 23.7 Å². The van der Waals surface area contributed by atoms with Crippen molar-refractivity contribution in [3.63, 3.8) is 0 Å². The van der Waals surface area contributed by atoms with Crippen LogP contribution in [0.1, 0.15) is 5.56 Å². The van der Waals surface area contributed by atoms with Crippen molar-refractivity contribution in [3.8, 4) is 0 Å². The molecule has 19 heavy (non-hydrogen) atoms. The number of hydrogen-bond acceptors (Lipinski definition) is 2. The van der Waals surface area contributed by atoms with Gasteiger partial charge in [0.05, 0.1) is 10.7 Å². The maximum Gasteiger partial charge on any atom is 0.319 e. The van der Waals surface area contributed by atoms with Gasteiger partial charge in [0.2, 0.25) is 0 Å². The summed E-state index contributed by atoms with van der Waals surface area (Å²) in [5, 5.41) is 4.95. The van der Waals surface area contributed by atoms with Gasteiger partial charge in [-0.3, -0.25) is 4.98 Å². The monoisotopic (exact) mass is 279 g/mol. The second-order valence-electron chi connectivity index (χ2n) is 3.77. The number of benzene rings is 1. The van der Waals surface area contributed by atoms with Crippen molar-refractivity contribution < 1.29 is 9.18 Å². The smallest absolute Gasteiger partial charge is 0.319 e. The second kappa shape index (κ2) is 6.15. The van der Waals surface area contributed by atoms with Crippen LogP contribution in [-0.4, -0.2) is 11.0 Å². The summed E-state index contributed by atoms with van der Waals surface area (Å²) in [5.41, 5.74) is 0.889. The lowest BCUT2D eigenvalue weighted by molar-refractivity contribution is 0.251. The zero-order chi connectivity index (χ0) is 13.7. The van der Waals surface area contributed by atoms with E-state index in [4.69, 9.17) is 11.6 Å². The number of anilines is 1. The number of nitrogens with zero attached hydrogens (tertiary/aromatic N) is 1. The van der Waals surface area contributed by atoms with Crippen molar-refractivity contribution >= 4 is 23.3 Å². The molecule has 6 heteroatoms. The molecule has 0 saturated carbocycles. The topological polar surface area (TPSA) is 54.0 Å². The first-order valence-electron chi connectivity index (χ1n) is 5.54. The number of amides is 2. The van der Waals surface area contributed by atoms with Gasteiger partial charge in [-0.2, -0.15) is 0 Å². The molecule has 1 aromatic carbocycles. The summed E-state index contributed by atoms with van der Waals surface area (Å²) in [6.45, 7) is 0.307. The van der Waals surface area contributed by atoms with E-state index in [9.17, 15) is 9.18 Å². The van der Waals surface area contributed by atoms with Crippen molar-refractivity contribution in [2.24, 2.45) is 0 Å². The molecule has 0 spiro atoms. The van der Waals surface area contributed by atoms with Crippen LogP contribution in [0.3, 0.4) is 0 Å². The SMILES string of the molecule is O=C(NCc1cccnc1)Nc1cccc(Cl)c1F. The van der Waals surface area contributed by atoms with Crippen LogP contribution < -0.4 is 10.6 Å². The Kier molecular flexibility index (Phi) is 4.30. The maximum atomic E-state index is 13.5. The molecule has 2 N–H and O–H groups in total. The molecular weight excluding hydrogens is 269 g/mol. The average Bonchev–Trinajstić information content (AvgIpc) is 2.43. The lowest BCUT2D eigenvalue weighted by Crippen LogP contribution is -2.28. The summed E-state index contributed by atoms with van der Waals surface area (Å²) in [4.78, 5) is 15.5. The van der Waals surface area contributed by atoms with Crippen LogP contribution in [0.4, 0.5) is 14.9 Å². The minimum atomic E-state index is -0.652. The quantitative estimate of drug-likeness (QED) is 0.906. The van der Waals surface area contributed by atoms with E-state index in [1.807, 2.05) is 6.07 Å².